The molecule has 11 heavy (non-hydrogen) atoms. The summed E-state index contributed by atoms with van der Waals surface area (Å²) >= 11 is 0. The van der Waals surface area contributed by atoms with Crippen LogP contribution in [0.1, 0.15) is 20.3 Å². The molecule has 1 aliphatic heterocycles. The molecule has 0 unspecified atom stereocenters. The van der Waals surface area contributed by atoms with Gasteiger partial charge in [-0.3, -0.25) is 0 Å². The van der Waals surface area contributed by atoms with E-state index in [1.165, 1.54) is 0 Å². The second kappa shape index (κ2) is 7.13. The Balaban J connectivity index is 0. The van der Waals surface area contributed by atoms with Crippen molar-refractivity contribution in [2.75, 3.05) is 6.61 Å². The molecular formula is C10H18O. The Hall–Kier alpha value is -0.980. The average Bonchev–Trinajstić information content (AvgIpc) is 2.00. The Labute approximate surface area is 70.1 Å². The van der Waals surface area contributed by atoms with Crippen molar-refractivity contribution in [3.63, 3.8) is 0 Å². The number of hydrogen-bond donors (Lipinski definition) is 0. The van der Waals surface area contributed by atoms with Gasteiger partial charge >= 0.3 is 0 Å². The Morgan fingerprint density at radius 2 is 1.73 bits per heavy atom. The molecule has 0 spiro atoms. The first-order valence-corrected chi connectivity index (χ1v) is 3.30. The Bertz CT molecular complexity index is 120. The van der Waals surface area contributed by atoms with E-state index in [4.69, 9.17) is 4.74 Å². The van der Waals surface area contributed by atoms with Crippen molar-refractivity contribution < 1.29 is 4.74 Å². The highest BCUT2D eigenvalue weighted by atomic mass is 16.5. The quantitative estimate of drug-likeness (QED) is 0.486. The second-order valence-corrected chi connectivity index (χ2v) is 1.98. The molecule has 1 heteroatoms. The maximum Gasteiger partial charge on any atom is 0.114 e. The van der Waals surface area contributed by atoms with Crippen LogP contribution in [0.15, 0.2) is 37.6 Å². The van der Waals surface area contributed by atoms with Crippen LogP contribution in [0.4, 0.5) is 0 Å². The van der Waals surface area contributed by atoms with Gasteiger partial charge in [-0.05, 0) is 18.4 Å². The summed E-state index contributed by atoms with van der Waals surface area (Å²) in [7, 11) is 0. The summed E-state index contributed by atoms with van der Waals surface area (Å²) < 4.78 is 5.10. The second-order valence-electron chi connectivity index (χ2n) is 1.98. The van der Waals surface area contributed by atoms with Gasteiger partial charge in [0, 0.05) is 0 Å². The molecule has 1 nitrogen and oxygen atoms in total. The summed E-state index contributed by atoms with van der Waals surface area (Å²) in [5.74, 6) is 0.774. The summed E-state index contributed by atoms with van der Waals surface area (Å²) in [5, 5.41) is 0. The lowest BCUT2D eigenvalue weighted by Crippen LogP contribution is -2.03. The fourth-order valence-electron chi connectivity index (χ4n) is 0.722. The molecule has 1 rings (SSSR count). The minimum atomic E-state index is 0. The van der Waals surface area contributed by atoms with Crippen LogP contribution in [0.5, 0.6) is 0 Å². The number of ether oxygens (including phenoxy) is 1. The molecule has 0 saturated carbocycles. The number of rotatable bonds is 0. The van der Waals surface area contributed by atoms with E-state index >= 15 is 0 Å². The SMILES string of the molecule is C.C=C.C=C1CCCOC1=C. The van der Waals surface area contributed by atoms with Crippen molar-refractivity contribution in [2.45, 2.75) is 20.3 Å². The number of hydrogen-bond acceptors (Lipinski definition) is 1. The molecule has 0 N–H and O–H groups in total. The van der Waals surface area contributed by atoms with Gasteiger partial charge in [0.15, 0.2) is 0 Å². The Morgan fingerprint density at radius 3 is 2.00 bits per heavy atom. The van der Waals surface area contributed by atoms with E-state index in [1.807, 2.05) is 0 Å². The van der Waals surface area contributed by atoms with Gasteiger partial charge in [-0.15, -0.1) is 13.2 Å². The van der Waals surface area contributed by atoms with Gasteiger partial charge in [-0.2, -0.15) is 0 Å². The van der Waals surface area contributed by atoms with Gasteiger partial charge in [0.25, 0.3) is 0 Å². The fourth-order valence-corrected chi connectivity index (χ4v) is 0.722. The van der Waals surface area contributed by atoms with Crippen LogP contribution in [0.2, 0.25) is 0 Å². The van der Waals surface area contributed by atoms with Gasteiger partial charge in [0.2, 0.25) is 0 Å². The molecule has 0 aliphatic carbocycles. The zero-order valence-corrected chi connectivity index (χ0v) is 6.36. The molecule has 1 saturated heterocycles. The molecule has 1 heterocycles. The predicted molar refractivity (Wildman–Crippen MR) is 51.5 cm³/mol. The molecule has 0 aromatic heterocycles. The molecule has 64 valence electrons. The Morgan fingerprint density at radius 1 is 1.18 bits per heavy atom. The van der Waals surface area contributed by atoms with Gasteiger partial charge in [-0.1, -0.05) is 20.6 Å². The maximum atomic E-state index is 5.10. The Kier molecular flexibility index (Phi) is 8.22. The van der Waals surface area contributed by atoms with Crippen molar-refractivity contribution in [1.29, 1.82) is 0 Å². The monoisotopic (exact) mass is 154 g/mol. The van der Waals surface area contributed by atoms with E-state index in [0.29, 0.717) is 0 Å². The van der Waals surface area contributed by atoms with E-state index < -0.39 is 0 Å². The third kappa shape index (κ3) is 4.43. The van der Waals surface area contributed by atoms with E-state index in [-0.39, 0.29) is 7.43 Å². The van der Waals surface area contributed by atoms with Crippen LogP contribution in [-0.2, 0) is 4.74 Å². The molecule has 0 amide bonds. The van der Waals surface area contributed by atoms with Gasteiger partial charge in [0.1, 0.15) is 5.76 Å². The van der Waals surface area contributed by atoms with Gasteiger partial charge in [-0.25, -0.2) is 0 Å². The lowest BCUT2D eigenvalue weighted by Gasteiger charge is -2.16. The van der Waals surface area contributed by atoms with E-state index in [9.17, 15) is 0 Å². The zero-order valence-electron chi connectivity index (χ0n) is 6.36. The summed E-state index contributed by atoms with van der Waals surface area (Å²) in [4.78, 5) is 0. The lowest BCUT2D eigenvalue weighted by molar-refractivity contribution is 0.196. The maximum absolute atomic E-state index is 5.10. The summed E-state index contributed by atoms with van der Waals surface area (Å²) in [6, 6.07) is 0. The molecule has 0 radical (unpaired) electrons. The first-order valence-electron chi connectivity index (χ1n) is 3.30. The van der Waals surface area contributed by atoms with Crippen LogP contribution >= 0.6 is 0 Å². The first kappa shape index (κ1) is 12.7. The van der Waals surface area contributed by atoms with E-state index in [0.717, 1.165) is 30.8 Å². The zero-order chi connectivity index (χ0) is 7.98. The van der Waals surface area contributed by atoms with Crippen molar-refractivity contribution in [3.05, 3.63) is 37.6 Å². The van der Waals surface area contributed by atoms with Crippen LogP contribution in [0.3, 0.4) is 0 Å². The van der Waals surface area contributed by atoms with Crippen molar-refractivity contribution in [3.8, 4) is 0 Å². The van der Waals surface area contributed by atoms with Crippen molar-refractivity contribution in [2.24, 2.45) is 0 Å². The minimum Gasteiger partial charge on any atom is -0.494 e. The van der Waals surface area contributed by atoms with Crippen LogP contribution < -0.4 is 0 Å². The van der Waals surface area contributed by atoms with E-state index in [2.05, 4.69) is 26.3 Å². The summed E-state index contributed by atoms with van der Waals surface area (Å²) in [6.45, 7) is 14.3. The molecular weight excluding hydrogens is 136 g/mol. The van der Waals surface area contributed by atoms with Crippen LogP contribution in [0.25, 0.3) is 0 Å². The highest BCUT2D eigenvalue weighted by Crippen LogP contribution is 2.18. The average molecular weight is 154 g/mol. The van der Waals surface area contributed by atoms with Crippen molar-refractivity contribution >= 4 is 0 Å². The first-order chi connectivity index (χ1) is 4.80. The minimum absolute atomic E-state index is 0. The largest absolute Gasteiger partial charge is 0.494 e. The predicted octanol–water partition coefficient (Wildman–Crippen LogP) is 3.31. The molecule has 1 aliphatic rings. The third-order valence-corrected chi connectivity index (χ3v) is 1.29. The summed E-state index contributed by atoms with van der Waals surface area (Å²) in [6.07, 6.45) is 2.15. The van der Waals surface area contributed by atoms with Crippen LogP contribution in [-0.4, -0.2) is 6.61 Å². The topological polar surface area (TPSA) is 9.23 Å². The highest BCUT2D eigenvalue weighted by molar-refractivity contribution is 5.20. The lowest BCUT2D eigenvalue weighted by atomic mass is 10.1. The molecule has 0 bridgehead atoms. The number of allylic oxidation sites excluding steroid dienone is 1. The molecule has 0 aromatic carbocycles. The van der Waals surface area contributed by atoms with Crippen molar-refractivity contribution in [1.82, 2.24) is 0 Å². The smallest absolute Gasteiger partial charge is 0.114 e. The van der Waals surface area contributed by atoms with Crippen LogP contribution in [0, 0.1) is 0 Å². The highest BCUT2D eigenvalue weighted by Gasteiger charge is 2.06. The fraction of sp³-hybridized carbons (Fsp3) is 0.400. The van der Waals surface area contributed by atoms with Gasteiger partial charge < -0.3 is 4.74 Å². The van der Waals surface area contributed by atoms with Gasteiger partial charge in [0.05, 0.1) is 6.61 Å². The standard InChI is InChI=1S/C7H10O.C2H4.CH4/c1-6-4-3-5-8-7(6)2;1-2;/h1-5H2;1-2H2;1H4. The molecule has 0 aromatic rings. The van der Waals surface area contributed by atoms with E-state index in [1.54, 1.807) is 0 Å². The normalized spacial score (nSPS) is 15.3. The molecule has 0 atom stereocenters. The summed E-state index contributed by atoms with van der Waals surface area (Å²) in [5.41, 5.74) is 1.05. The molecule has 1 fully saturated rings. The third-order valence-electron chi connectivity index (χ3n) is 1.29.